The average molecular weight is 424 g/mol. The fourth-order valence-electron chi connectivity index (χ4n) is 3.65. The second kappa shape index (κ2) is 8.95. The summed E-state index contributed by atoms with van der Waals surface area (Å²) in [6.07, 6.45) is 2.33. The lowest BCUT2D eigenvalue weighted by Gasteiger charge is -2.27. The number of nitrogens with one attached hydrogen (secondary N) is 2. The number of methoxy groups -OCH3 is 2. The molecule has 0 unspecified atom stereocenters. The summed E-state index contributed by atoms with van der Waals surface area (Å²) >= 11 is 0. The number of nitrogens with zero attached hydrogens (tertiary/aromatic N) is 2. The van der Waals surface area contributed by atoms with E-state index in [2.05, 4.69) is 15.5 Å². The van der Waals surface area contributed by atoms with Gasteiger partial charge in [0.25, 0.3) is 5.91 Å². The van der Waals surface area contributed by atoms with Crippen LogP contribution < -0.4 is 14.8 Å². The molecule has 0 atom stereocenters. The number of ether oxygens (including phenoxy) is 2. The fraction of sp³-hybridized carbons (Fsp3) is 0.318. The molecule has 0 aliphatic carbocycles. The second-order valence-electron chi connectivity index (χ2n) is 7.21. The number of hydrogen-bond acceptors (Lipinski definition) is 6. The molecule has 1 aliphatic rings. The van der Waals surface area contributed by atoms with Gasteiger partial charge >= 0.3 is 0 Å². The average Bonchev–Trinajstić information content (AvgIpc) is 3.46. The number of amides is 2. The van der Waals surface area contributed by atoms with Gasteiger partial charge in [0, 0.05) is 36.3 Å². The first kappa shape index (κ1) is 20.5. The highest BCUT2D eigenvalue weighted by Crippen LogP contribution is 2.26. The number of hydrogen-bond donors (Lipinski definition) is 2. The van der Waals surface area contributed by atoms with Crippen molar-refractivity contribution < 1.29 is 23.5 Å². The van der Waals surface area contributed by atoms with Gasteiger partial charge in [-0.1, -0.05) is 0 Å². The molecular formula is C22H24N4O5. The maximum atomic E-state index is 13.0. The van der Waals surface area contributed by atoms with E-state index in [0.717, 1.165) is 16.8 Å². The highest BCUT2D eigenvalue weighted by molar-refractivity contribution is 5.94. The largest absolute Gasteiger partial charge is 0.497 e. The molecule has 0 saturated heterocycles. The zero-order valence-corrected chi connectivity index (χ0v) is 17.4. The van der Waals surface area contributed by atoms with Crippen molar-refractivity contribution >= 4 is 11.8 Å². The number of carbonyl (C=O) groups is 2. The maximum absolute atomic E-state index is 13.0. The van der Waals surface area contributed by atoms with Crippen molar-refractivity contribution in [1.29, 1.82) is 0 Å². The minimum atomic E-state index is -0.308. The van der Waals surface area contributed by atoms with E-state index in [4.69, 9.17) is 13.9 Å². The zero-order valence-electron chi connectivity index (χ0n) is 17.4. The van der Waals surface area contributed by atoms with Gasteiger partial charge in [0.15, 0.2) is 5.69 Å². The van der Waals surface area contributed by atoms with Crippen molar-refractivity contribution in [3.05, 3.63) is 64.9 Å². The number of aromatic amines is 1. The van der Waals surface area contributed by atoms with Gasteiger partial charge in [-0.05, 0) is 30.3 Å². The molecule has 0 bridgehead atoms. The summed E-state index contributed by atoms with van der Waals surface area (Å²) in [6.45, 7) is 1.14. The zero-order chi connectivity index (χ0) is 21.8. The molecule has 162 valence electrons. The number of furan rings is 1. The Morgan fingerprint density at radius 3 is 2.87 bits per heavy atom. The van der Waals surface area contributed by atoms with Crippen molar-refractivity contribution in [2.24, 2.45) is 0 Å². The summed E-state index contributed by atoms with van der Waals surface area (Å²) in [5, 5.41) is 9.92. The number of rotatable bonds is 7. The van der Waals surface area contributed by atoms with Gasteiger partial charge in [-0.2, -0.15) is 5.10 Å². The van der Waals surface area contributed by atoms with Gasteiger partial charge in [0.1, 0.15) is 17.3 Å². The molecule has 31 heavy (non-hydrogen) atoms. The van der Waals surface area contributed by atoms with Crippen molar-refractivity contribution in [3.8, 4) is 11.5 Å². The topological polar surface area (TPSA) is 110 Å². The second-order valence-corrected chi connectivity index (χ2v) is 7.21. The van der Waals surface area contributed by atoms with Gasteiger partial charge in [-0.3, -0.25) is 14.7 Å². The Morgan fingerprint density at radius 2 is 2.13 bits per heavy atom. The predicted molar refractivity (Wildman–Crippen MR) is 111 cm³/mol. The van der Waals surface area contributed by atoms with E-state index < -0.39 is 0 Å². The highest BCUT2D eigenvalue weighted by atomic mass is 16.5. The van der Waals surface area contributed by atoms with Crippen LogP contribution in [0.5, 0.6) is 11.5 Å². The lowest BCUT2D eigenvalue weighted by molar-refractivity contribution is -0.131. The van der Waals surface area contributed by atoms with Gasteiger partial charge < -0.3 is 24.1 Å². The van der Waals surface area contributed by atoms with Crippen LogP contribution in [0.4, 0.5) is 0 Å². The smallest absolute Gasteiger partial charge is 0.272 e. The monoisotopic (exact) mass is 424 g/mol. The summed E-state index contributed by atoms with van der Waals surface area (Å²) in [5.74, 6) is 1.59. The molecule has 3 aromatic rings. The minimum Gasteiger partial charge on any atom is -0.497 e. The first-order valence-electron chi connectivity index (χ1n) is 9.94. The third-order valence-electron chi connectivity index (χ3n) is 5.33. The number of H-pyrrole nitrogens is 1. The number of carbonyl (C=O) groups excluding carboxylic acids is 2. The molecular weight excluding hydrogens is 400 g/mol. The van der Waals surface area contributed by atoms with Gasteiger partial charge in [-0.25, -0.2) is 0 Å². The third-order valence-corrected chi connectivity index (χ3v) is 5.33. The standard InChI is InChI=1S/C22H24N4O5/c1-29-15-5-6-19(30-2)14(10-15)11-20(27)26-8-7-18-17(13-26)21(25-24-18)22(28)23-12-16-4-3-9-31-16/h3-6,9-10H,7-8,11-13H2,1-2H3,(H,23,28)(H,24,25). The van der Waals surface area contributed by atoms with Crippen LogP contribution in [-0.2, 0) is 30.7 Å². The number of aromatic nitrogens is 2. The normalized spacial score (nSPS) is 12.9. The van der Waals surface area contributed by atoms with Gasteiger partial charge in [-0.15, -0.1) is 0 Å². The lowest BCUT2D eigenvalue weighted by atomic mass is 10.0. The van der Waals surface area contributed by atoms with Crippen LogP contribution in [0.15, 0.2) is 41.0 Å². The summed E-state index contributed by atoms with van der Waals surface area (Å²) in [5.41, 5.74) is 2.68. The minimum absolute atomic E-state index is 0.0552. The quantitative estimate of drug-likeness (QED) is 0.601. The summed E-state index contributed by atoms with van der Waals surface area (Å²) in [4.78, 5) is 27.4. The Balaban J connectivity index is 1.45. The molecule has 3 heterocycles. The molecule has 0 saturated carbocycles. The van der Waals surface area contributed by atoms with E-state index in [-0.39, 0.29) is 24.8 Å². The van der Waals surface area contributed by atoms with E-state index in [1.54, 1.807) is 55.7 Å². The van der Waals surface area contributed by atoms with Crippen LogP contribution in [0.2, 0.25) is 0 Å². The molecule has 2 N–H and O–H groups in total. The lowest BCUT2D eigenvalue weighted by Crippen LogP contribution is -2.37. The van der Waals surface area contributed by atoms with Crippen molar-refractivity contribution in [1.82, 2.24) is 20.4 Å². The summed E-state index contributed by atoms with van der Waals surface area (Å²) < 4.78 is 15.9. The molecule has 2 aromatic heterocycles. The van der Waals surface area contributed by atoms with Crippen molar-refractivity contribution in [2.45, 2.75) is 25.9 Å². The molecule has 1 aliphatic heterocycles. The third kappa shape index (κ3) is 4.40. The van der Waals surface area contributed by atoms with Crippen LogP contribution >= 0.6 is 0 Å². The van der Waals surface area contributed by atoms with E-state index >= 15 is 0 Å². The summed E-state index contributed by atoms with van der Waals surface area (Å²) in [6, 6.07) is 8.93. The molecule has 4 rings (SSSR count). The maximum Gasteiger partial charge on any atom is 0.272 e. The van der Waals surface area contributed by atoms with Crippen LogP contribution in [0.25, 0.3) is 0 Å². The molecule has 1 aromatic carbocycles. The first-order chi connectivity index (χ1) is 15.1. The molecule has 0 radical (unpaired) electrons. The van der Waals surface area contributed by atoms with E-state index in [1.807, 2.05) is 0 Å². The highest BCUT2D eigenvalue weighted by Gasteiger charge is 2.28. The Labute approximate surface area is 179 Å². The van der Waals surface area contributed by atoms with Crippen LogP contribution in [0.1, 0.15) is 33.1 Å². The fourth-order valence-corrected chi connectivity index (χ4v) is 3.65. The van der Waals surface area contributed by atoms with Crippen LogP contribution in [0.3, 0.4) is 0 Å². The SMILES string of the molecule is COc1ccc(OC)c(CC(=O)N2CCc3[nH]nc(C(=O)NCc4ccco4)c3C2)c1. The summed E-state index contributed by atoms with van der Waals surface area (Å²) in [7, 11) is 3.15. The Morgan fingerprint density at radius 1 is 1.26 bits per heavy atom. The van der Waals surface area contributed by atoms with E-state index in [9.17, 15) is 9.59 Å². The van der Waals surface area contributed by atoms with E-state index in [0.29, 0.717) is 42.5 Å². The number of fused-ring (bicyclic) bond motifs is 1. The molecule has 0 spiro atoms. The molecule has 9 nitrogen and oxygen atoms in total. The van der Waals surface area contributed by atoms with Crippen molar-refractivity contribution in [2.75, 3.05) is 20.8 Å². The Hall–Kier alpha value is -3.75. The molecule has 2 amide bonds. The first-order valence-corrected chi connectivity index (χ1v) is 9.94. The Bertz CT molecular complexity index is 1070. The van der Waals surface area contributed by atoms with Crippen molar-refractivity contribution in [3.63, 3.8) is 0 Å². The number of benzene rings is 1. The Kier molecular flexibility index (Phi) is 5.92. The molecule has 0 fully saturated rings. The van der Waals surface area contributed by atoms with Gasteiger partial charge in [0.05, 0.1) is 33.4 Å². The van der Waals surface area contributed by atoms with Gasteiger partial charge in [0.2, 0.25) is 5.91 Å². The predicted octanol–water partition coefficient (Wildman–Crippen LogP) is 2.08. The van der Waals surface area contributed by atoms with Crippen LogP contribution in [0, 0.1) is 0 Å². The van der Waals surface area contributed by atoms with Crippen LogP contribution in [-0.4, -0.2) is 47.7 Å². The van der Waals surface area contributed by atoms with E-state index in [1.165, 1.54) is 0 Å². The molecule has 9 heteroatoms.